The zero-order valence-corrected chi connectivity index (χ0v) is 11.9. The fourth-order valence-electron chi connectivity index (χ4n) is 1.35. The quantitative estimate of drug-likeness (QED) is 0.351. The van der Waals surface area contributed by atoms with Gasteiger partial charge >= 0.3 is 0 Å². The van der Waals surface area contributed by atoms with Crippen LogP contribution in [0.25, 0.3) is 0 Å². The molecule has 0 amide bonds. The maximum Gasteiger partial charge on any atom is 0.300 e. The van der Waals surface area contributed by atoms with Gasteiger partial charge in [0.15, 0.2) is 0 Å². The van der Waals surface area contributed by atoms with E-state index in [1.165, 1.54) is 44.9 Å². The molecule has 104 valence electrons. The second-order valence-corrected chi connectivity index (χ2v) is 4.05. The molecule has 0 aromatic heterocycles. The maximum atomic E-state index is 9.00. The van der Waals surface area contributed by atoms with Gasteiger partial charge in [0.1, 0.15) is 0 Å². The smallest absolute Gasteiger partial charge is 0.300 e. The first-order chi connectivity index (χ1) is 8.65. The Hall–Kier alpha value is -1.31. The summed E-state index contributed by atoms with van der Waals surface area (Å²) < 4.78 is 0. The van der Waals surface area contributed by atoms with E-state index in [9.17, 15) is 0 Å². The Balaban J connectivity index is 0. The van der Waals surface area contributed by atoms with Gasteiger partial charge in [-0.25, -0.2) is 0 Å². The summed E-state index contributed by atoms with van der Waals surface area (Å²) in [5.41, 5.74) is 0. The van der Waals surface area contributed by atoms with Crippen LogP contribution in [0.3, 0.4) is 0 Å². The second kappa shape index (κ2) is 18.1. The fourth-order valence-corrected chi connectivity index (χ4v) is 1.35. The van der Waals surface area contributed by atoms with Crippen molar-refractivity contribution in [1.29, 1.82) is 0 Å². The van der Waals surface area contributed by atoms with Crippen molar-refractivity contribution in [3.8, 4) is 0 Å². The van der Waals surface area contributed by atoms with Crippen LogP contribution in [0.2, 0.25) is 0 Å². The second-order valence-electron chi connectivity index (χ2n) is 4.05. The molecule has 18 heavy (non-hydrogen) atoms. The highest BCUT2D eigenvalue weighted by Crippen LogP contribution is 2.06. The zero-order valence-electron chi connectivity index (χ0n) is 11.9. The molecule has 0 spiro atoms. The molecule has 0 saturated carbocycles. The maximum absolute atomic E-state index is 9.00. The normalized spacial score (nSPS) is 10.3. The van der Waals surface area contributed by atoms with E-state index in [2.05, 4.69) is 31.7 Å². The third kappa shape index (κ3) is 29.3. The number of carboxylic acids is 1. The molecule has 0 aliphatic heterocycles. The average molecular weight is 252 g/mol. The van der Waals surface area contributed by atoms with E-state index in [1.54, 1.807) is 0 Å². The van der Waals surface area contributed by atoms with E-state index in [0.29, 0.717) is 0 Å². The summed E-state index contributed by atoms with van der Waals surface area (Å²) in [5.74, 6) is -0.833. The van der Waals surface area contributed by atoms with E-state index >= 15 is 0 Å². The van der Waals surface area contributed by atoms with Gasteiger partial charge in [-0.15, -0.1) is 0 Å². The third-order valence-corrected chi connectivity index (χ3v) is 2.17. The average Bonchev–Trinajstić information content (AvgIpc) is 2.31. The van der Waals surface area contributed by atoms with Crippen molar-refractivity contribution < 1.29 is 9.90 Å². The molecule has 2 heteroatoms. The predicted octanol–water partition coefficient (Wildman–Crippen LogP) is 5.13. The van der Waals surface area contributed by atoms with Gasteiger partial charge in [-0.2, -0.15) is 0 Å². The lowest BCUT2D eigenvalue weighted by Crippen LogP contribution is -1.78. The van der Waals surface area contributed by atoms with E-state index in [4.69, 9.17) is 9.90 Å². The molecule has 0 saturated heterocycles. The van der Waals surface area contributed by atoms with Gasteiger partial charge in [0, 0.05) is 6.92 Å². The molecule has 0 aromatic carbocycles. The molecule has 0 aromatic rings. The molecule has 0 aliphatic rings. The molecule has 2 nitrogen and oxygen atoms in total. The highest BCUT2D eigenvalue weighted by molar-refractivity contribution is 5.62. The Morgan fingerprint density at radius 1 is 1.06 bits per heavy atom. The van der Waals surface area contributed by atoms with Crippen LogP contribution >= 0.6 is 0 Å². The van der Waals surface area contributed by atoms with Crippen molar-refractivity contribution >= 4 is 5.97 Å². The predicted molar refractivity (Wildman–Crippen MR) is 79.8 cm³/mol. The van der Waals surface area contributed by atoms with Crippen LogP contribution in [0.1, 0.15) is 58.8 Å². The molecule has 0 unspecified atom stereocenters. The first-order valence-electron chi connectivity index (χ1n) is 6.77. The lowest BCUT2D eigenvalue weighted by atomic mass is 10.1. The monoisotopic (exact) mass is 252 g/mol. The molecular weight excluding hydrogens is 224 g/mol. The van der Waals surface area contributed by atoms with Crippen LogP contribution in [0.15, 0.2) is 37.0 Å². The van der Waals surface area contributed by atoms with Crippen molar-refractivity contribution in [2.24, 2.45) is 0 Å². The number of carboxylic acid groups (broad SMARTS) is 1. The van der Waals surface area contributed by atoms with Crippen LogP contribution in [-0.2, 0) is 4.79 Å². The Bertz CT molecular complexity index is 235. The molecule has 0 radical (unpaired) electrons. The topological polar surface area (TPSA) is 37.3 Å². The van der Waals surface area contributed by atoms with Crippen LogP contribution < -0.4 is 0 Å². The van der Waals surface area contributed by atoms with Gasteiger partial charge < -0.3 is 5.11 Å². The van der Waals surface area contributed by atoms with Crippen LogP contribution in [0.4, 0.5) is 0 Å². The SMILES string of the molecule is C=CC=CCCCCCCC=CCC.CC(=O)O. The first-order valence-corrected chi connectivity index (χ1v) is 6.77. The van der Waals surface area contributed by atoms with Gasteiger partial charge in [0.05, 0.1) is 0 Å². The van der Waals surface area contributed by atoms with Gasteiger partial charge in [-0.1, -0.05) is 56.7 Å². The number of carbonyl (C=O) groups is 1. The summed E-state index contributed by atoms with van der Waals surface area (Å²) >= 11 is 0. The molecule has 0 bridgehead atoms. The van der Waals surface area contributed by atoms with Crippen LogP contribution in [-0.4, -0.2) is 11.1 Å². The van der Waals surface area contributed by atoms with Gasteiger partial charge in [-0.05, 0) is 32.1 Å². The summed E-state index contributed by atoms with van der Waals surface area (Å²) in [5, 5.41) is 7.42. The van der Waals surface area contributed by atoms with Gasteiger partial charge in [-0.3, -0.25) is 4.79 Å². The molecule has 0 atom stereocenters. The molecule has 0 heterocycles. The Kier molecular flexibility index (Phi) is 19.1. The summed E-state index contributed by atoms with van der Waals surface area (Å²) in [6.07, 6.45) is 19.7. The number of hydrogen-bond donors (Lipinski definition) is 1. The van der Waals surface area contributed by atoms with Gasteiger partial charge in [0.2, 0.25) is 0 Å². The van der Waals surface area contributed by atoms with E-state index < -0.39 is 5.97 Å². The molecular formula is C16H28O2. The molecule has 0 fully saturated rings. The van der Waals surface area contributed by atoms with Crippen molar-refractivity contribution in [3.63, 3.8) is 0 Å². The minimum Gasteiger partial charge on any atom is -0.481 e. The van der Waals surface area contributed by atoms with E-state index in [0.717, 1.165) is 6.92 Å². The Morgan fingerprint density at radius 3 is 2.00 bits per heavy atom. The number of rotatable bonds is 9. The number of unbranched alkanes of at least 4 members (excludes halogenated alkanes) is 5. The number of allylic oxidation sites excluding steroid dienone is 5. The fraction of sp³-hybridized carbons (Fsp3) is 0.562. The van der Waals surface area contributed by atoms with Crippen molar-refractivity contribution in [2.45, 2.75) is 58.8 Å². The summed E-state index contributed by atoms with van der Waals surface area (Å²) in [6.45, 7) is 6.91. The summed E-state index contributed by atoms with van der Waals surface area (Å²) in [6, 6.07) is 0. The van der Waals surface area contributed by atoms with Gasteiger partial charge in [0.25, 0.3) is 5.97 Å². The minimum absolute atomic E-state index is 0.833. The summed E-state index contributed by atoms with van der Waals surface area (Å²) in [4.78, 5) is 9.00. The molecule has 1 N–H and O–H groups in total. The van der Waals surface area contributed by atoms with Crippen LogP contribution in [0, 0.1) is 0 Å². The highest BCUT2D eigenvalue weighted by Gasteiger charge is 1.86. The Labute approximate surface area is 112 Å². The molecule has 0 aliphatic carbocycles. The lowest BCUT2D eigenvalue weighted by molar-refractivity contribution is -0.134. The number of aliphatic carboxylic acids is 1. The standard InChI is InChI=1S/C14H24.C2H4O2/c1-3-5-7-9-11-13-14-12-10-8-6-4-2;1-2(3)4/h3,5-8H,1,4,9-14H2,2H3;1H3,(H,3,4). The highest BCUT2D eigenvalue weighted by atomic mass is 16.4. The van der Waals surface area contributed by atoms with E-state index in [1.807, 2.05) is 12.2 Å². The zero-order chi connectivity index (χ0) is 14.1. The minimum atomic E-state index is -0.833. The summed E-state index contributed by atoms with van der Waals surface area (Å²) in [7, 11) is 0. The van der Waals surface area contributed by atoms with Crippen molar-refractivity contribution in [3.05, 3.63) is 37.0 Å². The lowest BCUT2D eigenvalue weighted by Gasteiger charge is -1.96. The van der Waals surface area contributed by atoms with Crippen LogP contribution in [0.5, 0.6) is 0 Å². The first kappa shape index (κ1) is 19.0. The van der Waals surface area contributed by atoms with Crippen molar-refractivity contribution in [2.75, 3.05) is 0 Å². The van der Waals surface area contributed by atoms with Crippen molar-refractivity contribution in [1.82, 2.24) is 0 Å². The largest absolute Gasteiger partial charge is 0.481 e. The van der Waals surface area contributed by atoms with E-state index in [-0.39, 0.29) is 0 Å². The number of hydrogen-bond acceptors (Lipinski definition) is 1. The third-order valence-electron chi connectivity index (χ3n) is 2.17. The Morgan fingerprint density at radius 2 is 1.56 bits per heavy atom. The molecule has 0 rings (SSSR count).